The molecule has 0 saturated heterocycles. The second-order valence-corrected chi connectivity index (χ2v) is 2.52. The number of hydrogen-bond donors (Lipinski definition) is 2. The molecule has 0 bridgehead atoms. The molecule has 0 aromatic carbocycles. The van der Waals surface area contributed by atoms with Crippen molar-refractivity contribution in [3.63, 3.8) is 0 Å². The fraction of sp³-hybridized carbons (Fsp3) is 0.286. The summed E-state index contributed by atoms with van der Waals surface area (Å²) in [7, 11) is 1.75. The van der Waals surface area contributed by atoms with Crippen molar-refractivity contribution in [3.8, 4) is 0 Å². The topological polar surface area (TPSA) is 53.6 Å². The summed E-state index contributed by atoms with van der Waals surface area (Å²) in [5, 5.41) is 2.76. The van der Waals surface area contributed by atoms with E-state index in [4.69, 9.17) is 17.3 Å². The molecule has 5 heteroatoms. The van der Waals surface area contributed by atoms with E-state index in [-0.39, 0.29) is 11.4 Å². The standard InChI is InChI=1S/C7H13ClN4/c1-4-10-7(8)12(3)5-11-6(2)9/h4-5,7,10H,1-2,9H2,3H3. The fourth-order valence-corrected chi connectivity index (χ4v) is 0.578. The van der Waals surface area contributed by atoms with Gasteiger partial charge < -0.3 is 16.0 Å². The zero-order chi connectivity index (χ0) is 9.56. The average molecular weight is 189 g/mol. The molecule has 1 atom stereocenters. The Balaban J connectivity index is 3.92. The molecular formula is C7H13ClN4. The predicted octanol–water partition coefficient (Wildman–Crippen LogP) is 0.632. The lowest BCUT2D eigenvalue weighted by atomic mass is 10.8. The molecule has 0 aromatic rings. The number of nitrogens with zero attached hydrogens (tertiary/aromatic N) is 2. The van der Waals surface area contributed by atoms with Crippen LogP contribution in [0.3, 0.4) is 0 Å². The van der Waals surface area contributed by atoms with Crippen molar-refractivity contribution in [2.45, 2.75) is 5.62 Å². The normalized spacial score (nSPS) is 12.5. The second-order valence-electron chi connectivity index (χ2n) is 2.11. The highest BCUT2D eigenvalue weighted by molar-refractivity contribution is 6.20. The minimum Gasteiger partial charge on any atom is -0.384 e. The fourth-order valence-electron chi connectivity index (χ4n) is 0.439. The van der Waals surface area contributed by atoms with Crippen LogP contribution < -0.4 is 11.1 Å². The minimum atomic E-state index is -0.384. The summed E-state index contributed by atoms with van der Waals surface area (Å²) >= 11 is 5.80. The molecule has 0 rings (SSSR count). The third-order valence-corrected chi connectivity index (χ3v) is 1.45. The van der Waals surface area contributed by atoms with E-state index in [1.54, 1.807) is 11.9 Å². The van der Waals surface area contributed by atoms with Crippen LogP contribution in [0, 0.1) is 0 Å². The Kier molecular flexibility index (Phi) is 4.96. The lowest BCUT2D eigenvalue weighted by Gasteiger charge is -2.19. The first kappa shape index (κ1) is 10.8. The maximum Gasteiger partial charge on any atom is 0.177 e. The Morgan fingerprint density at radius 2 is 2.42 bits per heavy atom. The largest absolute Gasteiger partial charge is 0.384 e. The molecule has 0 heterocycles. The van der Waals surface area contributed by atoms with Crippen molar-refractivity contribution in [2.75, 3.05) is 7.05 Å². The lowest BCUT2D eigenvalue weighted by molar-refractivity contribution is 0.446. The van der Waals surface area contributed by atoms with Gasteiger partial charge in [-0.3, -0.25) is 0 Å². The molecule has 0 fully saturated rings. The van der Waals surface area contributed by atoms with E-state index in [1.807, 2.05) is 0 Å². The van der Waals surface area contributed by atoms with E-state index in [1.165, 1.54) is 12.5 Å². The highest BCUT2D eigenvalue weighted by Crippen LogP contribution is 1.95. The highest BCUT2D eigenvalue weighted by Gasteiger charge is 2.03. The molecule has 0 aromatic heterocycles. The van der Waals surface area contributed by atoms with Crippen LogP contribution in [0.5, 0.6) is 0 Å². The summed E-state index contributed by atoms with van der Waals surface area (Å²) < 4.78 is 0. The van der Waals surface area contributed by atoms with Crippen LogP contribution in [0.2, 0.25) is 0 Å². The lowest BCUT2D eigenvalue weighted by Crippen LogP contribution is -2.35. The number of nitrogens with one attached hydrogen (secondary N) is 1. The molecule has 12 heavy (non-hydrogen) atoms. The van der Waals surface area contributed by atoms with E-state index in [2.05, 4.69) is 23.5 Å². The number of halogens is 1. The van der Waals surface area contributed by atoms with E-state index in [9.17, 15) is 0 Å². The number of nitrogens with two attached hydrogens (primary N) is 1. The van der Waals surface area contributed by atoms with Gasteiger partial charge in [-0.15, -0.1) is 0 Å². The van der Waals surface area contributed by atoms with Crippen molar-refractivity contribution in [3.05, 3.63) is 25.2 Å². The quantitative estimate of drug-likeness (QED) is 0.219. The van der Waals surface area contributed by atoms with Gasteiger partial charge in [0.1, 0.15) is 5.82 Å². The average Bonchev–Trinajstić information content (AvgIpc) is 2.00. The van der Waals surface area contributed by atoms with Crippen LogP contribution >= 0.6 is 11.6 Å². The van der Waals surface area contributed by atoms with Gasteiger partial charge in [0.05, 0.1) is 6.34 Å². The number of hydrogen-bond acceptors (Lipinski definition) is 3. The van der Waals surface area contributed by atoms with Crippen molar-refractivity contribution in [1.29, 1.82) is 0 Å². The summed E-state index contributed by atoms with van der Waals surface area (Å²) in [4.78, 5) is 5.38. The molecule has 3 N–H and O–H groups in total. The first-order chi connectivity index (χ1) is 5.57. The second kappa shape index (κ2) is 5.49. The number of alkyl halides is 1. The summed E-state index contributed by atoms with van der Waals surface area (Å²) in [5.74, 6) is 0.240. The molecule has 0 aliphatic rings. The van der Waals surface area contributed by atoms with Gasteiger partial charge in [-0.05, 0) is 6.20 Å². The first-order valence-corrected chi connectivity index (χ1v) is 3.73. The molecule has 0 aliphatic carbocycles. The van der Waals surface area contributed by atoms with E-state index in [0.29, 0.717) is 0 Å². The van der Waals surface area contributed by atoms with Crippen molar-refractivity contribution >= 4 is 17.9 Å². The molecule has 4 nitrogen and oxygen atoms in total. The summed E-state index contributed by atoms with van der Waals surface area (Å²) in [6.07, 6.45) is 2.98. The van der Waals surface area contributed by atoms with Gasteiger partial charge in [0.25, 0.3) is 0 Å². The van der Waals surface area contributed by atoms with E-state index >= 15 is 0 Å². The van der Waals surface area contributed by atoms with Crippen molar-refractivity contribution in [2.24, 2.45) is 10.7 Å². The van der Waals surface area contributed by atoms with Gasteiger partial charge in [0.15, 0.2) is 5.62 Å². The van der Waals surface area contributed by atoms with Crippen LogP contribution in [0.25, 0.3) is 0 Å². The van der Waals surface area contributed by atoms with Crippen LogP contribution in [-0.4, -0.2) is 23.9 Å². The highest BCUT2D eigenvalue weighted by atomic mass is 35.5. The smallest absolute Gasteiger partial charge is 0.177 e. The van der Waals surface area contributed by atoms with Crippen LogP contribution in [0.1, 0.15) is 0 Å². The number of aliphatic imine (C=N–C) groups is 1. The molecule has 68 valence electrons. The van der Waals surface area contributed by atoms with Crippen molar-refractivity contribution in [1.82, 2.24) is 10.2 Å². The Bertz CT molecular complexity index is 190. The number of rotatable bonds is 5. The molecule has 0 amide bonds. The van der Waals surface area contributed by atoms with Gasteiger partial charge in [-0.25, -0.2) is 4.99 Å². The summed E-state index contributed by atoms with van der Waals surface area (Å²) in [6.45, 7) is 6.87. The van der Waals surface area contributed by atoms with Crippen molar-refractivity contribution < 1.29 is 0 Å². The Hall–Kier alpha value is -1.16. The summed E-state index contributed by atoms with van der Waals surface area (Å²) in [6, 6.07) is 0. The van der Waals surface area contributed by atoms with Gasteiger partial charge in [0, 0.05) is 7.05 Å². The van der Waals surface area contributed by atoms with E-state index in [0.717, 1.165) is 0 Å². The van der Waals surface area contributed by atoms with E-state index < -0.39 is 0 Å². The van der Waals surface area contributed by atoms with Gasteiger partial charge >= 0.3 is 0 Å². The summed E-state index contributed by atoms with van der Waals surface area (Å²) in [5.41, 5.74) is 4.83. The molecule has 1 unspecified atom stereocenters. The molecular weight excluding hydrogens is 176 g/mol. The maximum atomic E-state index is 5.80. The third kappa shape index (κ3) is 4.62. The zero-order valence-electron chi connectivity index (χ0n) is 7.00. The van der Waals surface area contributed by atoms with Gasteiger partial charge in [0.2, 0.25) is 0 Å². The molecule has 0 saturated carbocycles. The molecule has 0 spiro atoms. The maximum absolute atomic E-state index is 5.80. The zero-order valence-corrected chi connectivity index (χ0v) is 7.75. The first-order valence-electron chi connectivity index (χ1n) is 3.29. The predicted molar refractivity (Wildman–Crippen MR) is 52.6 cm³/mol. The Morgan fingerprint density at radius 3 is 2.83 bits per heavy atom. The van der Waals surface area contributed by atoms with Crippen LogP contribution in [0.15, 0.2) is 30.2 Å². The Labute approximate surface area is 77.4 Å². The minimum absolute atomic E-state index is 0.240. The third-order valence-electron chi connectivity index (χ3n) is 1.02. The van der Waals surface area contributed by atoms with Crippen LogP contribution in [0.4, 0.5) is 0 Å². The monoisotopic (exact) mass is 188 g/mol. The molecule has 0 radical (unpaired) electrons. The van der Waals surface area contributed by atoms with Gasteiger partial charge in [-0.2, -0.15) is 0 Å². The Morgan fingerprint density at radius 1 is 1.83 bits per heavy atom. The van der Waals surface area contributed by atoms with Gasteiger partial charge in [-0.1, -0.05) is 24.8 Å². The molecule has 0 aliphatic heterocycles. The van der Waals surface area contributed by atoms with Crippen LogP contribution in [-0.2, 0) is 0 Å². The SMILES string of the molecule is C=CNC(Cl)N(C)C=NC(=C)N.